The van der Waals surface area contributed by atoms with Crippen LogP contribution >= 0.6 is 0 Å². The number of nitrogens with one attached hydrogen (secondary N) is 2. The van der Waals surface area contributed by atoms with Gasteiger partial charge in [0.05, 0.1) is 37.1 Å². The third-order valence-electron chi connectivity index (χ3n) is 6.42. The van der Waals surface area contributed by atoms with E-state index in [4.69, 9.17) is 10.00 Å². The van der Waals surface area contributed by atoms with Crippen LogP contribution in [0.3, 0.4) is 0 Å². The second kappa shape index (κ2) is 11.1. The van der Waals surface area contributed by atoms with Crippen LogP contribution in [-0.4, -0.2) is 60.7 Å². The number of carbonyl (C=O) groups is 2. The van der Waals surface area contributed by atoms with E-state index < -0.39 is 18.1 Å². The van der Waals surface area contributed by atoms with Crippen molar-refractivity contribution in [2.24, 2.45) is 0 Å². The van der Waals surface area contributed by atoms with Gasteiger partial charge in [0.15, 0.2) is 0 Å². The summed E-state index contributed by atoms with van der Waals surface area (Å²) in [5.41, 5.74) is 2.63. The first-order valence-corrected chi connectivity index (χ1v) is 11.9. The monoisotopic (exact) mass is 501 g/mol. The van der Waals surface area contributed by atoms with Crippen LogP contribution in [0.2, 0.25) is 0 Å². The van der Waals surface area contributed by atoms with Gasteiger partial charge in [0.2, 0.25) is 5.91 Å². The number of nitriles is 1. The molecule has 1 aromatic heterocycles. The van der Waals surface area contributed by atoms with Gasteiger partial charge < -0.3 is 20.3 Å². The number of amides is 2. The predicted molar refractivity (Wildman–Crippen MR) is 140 cm³/mol. The van der Waals surface area contributed by atoms with E-state index in [0.29, 0.717) is 30.0 Å². The molecular weight excluding hydrogens is 473 g/mol. The fourth-order valence-electron chi connectivity index (χ4n) is 4.36. The second-order valence-corrected chi connectivity index (χ2v) is 8.91. The van der Waals surface area contributed by atoms with Gasteiger partial charge in [-0.1, -0.05) is 30.8 Å². The third kappa shape index (κ3) is 5.70. The maximum absolute atomic E-state index is 14.6. The molecule has 37 heavy (non-hydrogen) atoms. The molecular formula is C28H28FN5O3. The number of hydrogen-bond acceptors (Lipinski definition) is 6. The number of aromatic nitrogens is 1. The van der Waals surface area contributed by atoms with Crippen molar-refractivity contribution in [1.29, 1.82) is 5.26 Å². The highest BCUT2D eigenvalue weighted by atomic mass is 19.1. The summed E-state index contributed by atoms with van der Waals surface area (Å²) < 4.78 is 20.1. The minimum atomic E-state index is -1.34. The minimum Gasteiger partial charge on any atom is -0.495 e. The molecule has 0 aliphatic carbocycles. The lowest BCUT2D eigenvalue weighted by Crippen LogP contribution is -2.53. The van der Waals surface area contributed by atoms with Crippen molar-refractivity contribution in [3.05, 3.63) is 66.4 Å². The Hall–Kier alpha value is -4.45. The number of ether oxygens (including phenoxy) is 1. The molecule has 1 aliphatic heterocycles. The van der Waals surface area contributed by atoms with Crippen LogP contribution in [0.25, 0.3) is 22.0 Å². The van der Waals surface area contributed by atoms with E-state index in [-0.39, 0.29) is 24.7 Å². The molecule has 8 nitrogen and oxygen atoms in total. The van der Waals surface area contributed by atoms with E-state index in [1.165, 1.54) is 11.8 Å². The van der Waals surface area contributed by atoms with Crippen molar-refractivity contribution < 1.29 is 18.7 Å². The van der Waals surface area contributed by atoms with E-state index in [9.17, 15) is 14.0 Å². The topological polar surface area (TPSA) is 107 Å². The molecule has 2 unspecified atom stereocenters. The van der Waals surface area contributed by atoms with Gasteiger partial charge in [-0.05, 0) is 36.1 Å². The Morgan fingerprint density at radius 2 is 2.05 bits per heavy atom. The average molecular weight is 502 g/mol. The SMILES string of the molecule is C=C(C#N)CNc1c(OC)ccc2ccc(-c3cccc(C(=O)NC4CCN(C(C)=O)CC4F)n3)cc12. The van der Waals surface area contributed by atoms with E-state index in [1.54, 1.807) is 25.3 Å². The standard InChI is InChI=1S/C28H28FN5O3/c1-17(14-30)15-31-27-21-13-20(8-7-19(21)9-10-26(27)37-3)23-5-4-6-25(32-23)28(36)33-24-11-12-34(18(2)35)16-22(24)29/h4-10,13,22,24,31H,1,11-12,15-16H2,2-3H3,(H,33,36). The molecule has 1 aliphatic rings. The molecule has 2 atom stereocenters. The van der Waals surface area contributed by atoms with Gasteiger partial charge in [0.25, 0.3) is 5.91 Å². The Labute approximate surface area is 214 Å². The first kappa shape index (κ1) is 25.6. The van der Waals surface area contributed by atoms with Gasteiger partial charge in [0.1, 0.15) is 17.6 Å². The van der Waals surface area contributed by atoms with Crippen LogP contribution in [0.5, 0.6) is 5.75 Å². The molecule has 2 amide bonds. The summed E-state index contributed by atoms with van der Waals surface area (Å²) in [4.78, 5) is 30.4. The summed E-state index contributed by atoms with van der Waals surface area (Å²) in [5.74, 6) is -0.0261. The number of likely N-dealkylation sites (tertiary alicyclic amines) is 1. The minimum absolute atomic E-state index is 0.0353. The number of hydrogen-bond donors (Lipinski definition) is 2. The molecule has 4 rings (SSSR count). The molecule has 0 saturated carbocycles. The highest BCUT2D eigenvalue weighted by molar-refractivity contribution is 5.99. The number of benzene rings is 2. The van der Waals surface area contributed by atoms with Crippen molar-refractivity contribution in [3.8, 4) is 23.1 Å². The maximum atomic E-state index is 14.6. The number of rotatable bonds is 7. The zero-order chi connectivity index (χ0) is 26.5. The smallest absolute Gasteiger partial charge is 0.270 e. The molecule has 0 bridgehead atoms. The molecule has 190 valence electrons. The Bertz CT molecular complexity index is 1400. The molecule has 1 fully saturated rings. The lowest BCUT2D eigenvalue weighted by molar-refractivity contribution is -0.131. The highest BCUT2D eigenvalue weighted by Gasteiger charge is 2.31. The van der Waals surface area contributed by atoms with Gasteiger partial charge in [-0.15, -0.1) is 0 Å². The third-order valence-corrected chi connectivity index (χ3v) is 6.42. The summed E-state index contributed by atoms with van der Waals surface area (Å²) in [5, 5.41) is 16.8. The van der Waals surface area contributed by atoms with Crippen LogP contribution in [0.15, 0.2) is 60.7 Å². The fourth-order valence-corrected chi connectivity index (χ4v) is 4.36. The summed E-state index contributed by atoms with van der Waals surface area (Å²) in [6.45, 7) is 5.76. The van der Waals surface area contributed by atoms with Crippen molar-refractivity contribution in [2.75, 3.05) is 32.1 Å². The quantitative estimate of drug-likeness (QED) is 0.472. The number of nitrogens with zero attached hydrogens (tertiary/aromatic N) is 3. The second-order valence-electron chi connectivity index (χ2n) is 8.91. The fraction of sp³-hybridized carbons (Fsp3) is 0.286. The number of halogens is 1. The number of piperidine rings is 1. The Balaban J connectivity index is 1.59. The van der Waals surface area contributed by atoms with Crippen molar-refractivity contribution in [2.45, 2.75) is 25.6 Å². The first-order chi connectivity index (χ1) is 17.8. The van der Waals surface area contributed by atoms with E-state index in [2.05, 4.69) is 22.2 Å². The Kier molecular flexibility index (Phi) is 7.68. The van der Waals surface area contributed by atoms with Gasteiger partial charge in [-0.25, -0.2) is 9.37 Å². The maximum Gasteiger partial charge on any atom is 0.270 e. The van der Waals surface area contributed by atoms with E-state index in [0.717, 1.165) is 22.0 Å². The summed E-state index contributed by atoms with van der Waals surface area (Å²) in [7, 11) is 1.57. The largest absolute Gasteiger partial charge is 0.495 e. The average Bonchev–Trinajstić information content (AvgIpc) is 2.92. The van der Waals surface area contributed by atoms with Crippen molar-refractivity contribution in [1.82, 2.24) is 15.2 Å². The Morgan fingerprint density at radius 1 is 1.27 bits per heavy atom. The summed E-state index contributed by atoms with van der Waals surface area (Å²) >= 11 is 0. The number of carbonyl (C=O) groups excluding carboxylic acids is 2. The number of anilines is 1. The van der Waals surface area contributed by atoms with Gasteiger partial charge in [-0.3, -0.25) is 9.59 Å². The lowest BCUT2D eigenvalue weighted by Gasteiger charge is -2.34. The molecule has 0 spiro atoms. The van der Waals surface area contributed by atoms with Crippen LogP contribution in [-0.2, 0) is 4.79 Å². The van der Waals surface area contributed by atoms with Crippen LogP contribution in [0, 0.1) is 11.3 Å². The zero-order valence-electron chi connectivity index (χ0n) is 20.8. The van der Waals surface area contributed by atoms with Crippen LogP contribution in [0.4, 0.5) is 10.1 Å². The number of methoxy groups -OCH3 is 1. The lowest BCUT2D eigenvalue weighted by atomic mass is 10.0. The van der Waals surface area contributed by atoms with E-state index in [1.807, 2.05) is 36.4 Å². The molecule has 3 aromatic rings. The Morgan fingerprint density at radius 3 is 2.76 bits per heavy atom. The van der Waals surface area contributed by atoms with Gasteiger partial charge in [-0.2, -0.15) is 5.26 Å². The van der Waals surface area contributed by atoms with Gasteiger partial charge in [0, 0.05) is 36.5 Å². The predicted octanol–water partition coefficient (Wildman–Crippen LogP) is 4.09. The molecule has 2 aromatic carbocycles. The highest BCUT2D eigenvalue weighted by Crippen LogP contribution is 2.35. The van der Waals surface area contributed by atoms with Crippen LogP contribution < -0.4 is 15.4 Å². The molecule has 2 heterocycles. The zero-order valence-corrected chi connectivity index (χ0v) is 20.8. The number of alkyl halides is 1. The molecule has 0 radical (unpaired) electrons. The number of fused-ring (bicyclic) bond motifs is 1. The molecule has 2 N–H and O–H groups in total. The van der Waals surface area contributed by atoms with Crippen molar-refractivity contribution >= 4 is 28.3 Å². The molecule has 9 heteroatoms. The molecule has 1 saturated heterocycles. The summed E-state index contributed by atoms with van der Waals surface area (Å²) in [6.07, 6.45) is -1.00. The van der Waals surface area contributed by atoms with Crippen molar-refractivity contribution in [3.63, 3.8) is 0 Å². The number of pyridine rings is 1. The summed E-state index contributed by atoms with van der Waals surface area (Å²) in [6, 6.07) is 16.0. The van der Waals surface area contributed by atoms with Crippen LogP contribution in [0.1, 0.15) is 23.8 Å². The van der Waals surface area contributed by atoms with Gasteiger partial charge >= 0.3 is 0 Å². The van der Waals surface area contributed by atoms with E-state index >= 15 is 0 Å². The first-order valence-electron chi connectivity index (χ1n) is 11.9. The normalized spacial score (nSPS) is 17.1.